The van der Waals surface area contributed by atoms with E-state index in [-0.39, 0.29) is 10.4 Å². The van der Waals surface area contributed by atoms with E-state index in [0.29, 0.717) is 8.64 Å². The van der Waals surface area contributed by atoms with Gasteiger partial charge < -0.3 is 10.9 Å². The van der Waals surface area contributed by atoms with Gasteiger partial charge in [0.15, 0.2) is 5.78 Å². The molecule has 22 heavy (non-hydrogen) atoms. The molecule has 0 rings (SSSR count). The van der Waals surface area contributed by atoms with Crippen molar-refractivity contribution in [1.82, 2.24) is 20.9 Å². The van der Waals surface area contributed by atoms with Crippen LogP contribution in [0.3, 0.4) is 0 Å². The Bertz CT molecular complexity index is 345. The van der Waals surface area contributed by atoms with Gasteiger partial charge in [-0.05, 0) is 6.92 Å². The molecule has 2 N–H and O–H groups in total. The third-order valence-corrected chi connectivity index (χ3v) is 5.83. The van der Waals surface area contributed by atoms with Gasteiger partial charge in [-0.25, -0.2) is 10.0 Å². The molecule has 0 aliphatic heterocycles. The van der Waals surface area contributed by atoms with Crippen molar-refractivity contribution in [2.45, 2.75) is 39.2 Å². The molecule has 5 nitrogen and oxygen atoms in total. The van der Waals surface area contributed by atoms with Gasteiger partial charge in [-0.15, -0.1) is 0 Å². The summed E-state index contributed by atoms with van der Waals surface area (Å²) < 4.78 is 0.829. The van der Waals surface area contributed by atoms with Crippen molar-refractivity contribution in [2.75, 3.05) is 26.2 Å². The molecule has 0 heterocycles. The third-order valence-electron chi connectivity index (χ3n) is 2.79. The number of carbonyl (C=O) groups excluding carboxylic acids is 1. The minimum absolute atomic E-state index is 0.0439. The first-order chi connectivity index (χ1) is 10.4. The van der Waals surface area contributed by atoms with Crippen molar-refractivity contribution in [3.05, 3.63) is 0 Å². The maximum atomic E-state index is 11.8. The smallest absolute Gasteiger partial charge is 0.153 e. The summed E-state index contributed by atoms with van der Waals surface area (Å²) in [6.07, 6.45) is 0. The van der Waals surface area contributed by atoms with Crippen LogP contribution in [0.4, 0.5) is 0 Å². The number of hydrazine groups is 2. The predicted octanol–water partition coefficient (Wildman–Crippen LogP) is 2.63. The van der Waals surface area contributed by atoms with Gasteiger partial charge in [0.2, 0.25) is 0 Å². The van der Waals surface area contributed by atoms with Crippen LogP contribution in [-0.2, 0) is 4.79 Å². The fraction of sp³-hybridized carbons (Fsp3) is 0.769. The summed E-state index contributed by atoms with van der Waals surface area (Å²) >= 11 is 13.3. The van der Waals surface area contributed by atoms with Gasteiger partial charge in [0.05, 0.1) is 0 Å². The number of thiocarbonyl (C=S) groups is 2. The van der Waals surface area contributed by atoms with Crippen molar-refractivity contribution < 1.29 is 4.79 Å². The highest BCUT2D eigenvalue weighted by Crippen LogP contribution is 2.26. The lowest BCUT2D eigenvalue weighted by atomic mass is 10.5. The fourth-order valence-electron chi connectivity index (χ4n) is 1.46. The molecule has 0 aliphatic rings. The molecule has 0 atom stereocenters. The van der Waals surface area contributed by atoms with E-state index in [0.717, 1.165) is 26.2 Å². The topological polar surface area (TPSA) is 47.6 Å². The van der Waals surface area contributed by atoms with Gasteiger partial charge in [-0.3, -0.25) is 4.79 Å². The van der Waals surface area contributed by atoms with Crippen LogP contribution in [0.5, 0.6) is 0 Å². The lowest BCUT2D eigenvalue weighted by molar-refractivity contribution is -0.115. The van der Waals surface area contributed by atoms with Crippen LogP contribution in [0.2, 0.25) is 0 Å². The summed E-state index contributed by atoms with van der Waals surface area (Å²) in [6.45, 7) is 13.1. The molecule has 0 bridgehead atoms. The fourth-order valence-corrected chi connectivity index (χ4v) is 4.51. The van der Waals surface area contributed by atoms with Gasteiger partial charge in [-0.2, -0.15) is 0 Å². The maximum absolute atomic E-state index is 11.8. The van der Waals surface area contributed by atoms with E-state index in [1.807, 2.05) is 37.7 Å². The molecule has 0 aromatic carbocycles. The average Bonchev–Trinajstić information content (AvgIpc) is 2.49. The van der Waals surface area contributed by atoms with E-state index in [2.05, 4.69) is 10.9 Å². The number of nitrogens with zero attached hydrogens (tertiary/aromatic N) is 2. The minimum atomic E-state index is -0.342. The molecular weight excluding hydrogens is 356 g/mol. The number of rotatable bonds is 9. The maximum Gasteiger partial charge on any atom is 0.153 e. The summed E-state index contributed by atoms with van der Waals surface area (Å²) in [5, 5.41) is 3.98. The van der Waals surface area contributed by atoms with Crippen LogP contribution in [0, 0.1) is 0 Å². The summed E-state index contributed by atoms with van der Waals surface area (Å²) in [4.78, 5) is 11.8. The van der Waals surface area contributed by atoms with Crippen molar-refractivity contribution >= 4 is 62.4 Å². The molecule has 0 aromatic rings. The molecule has 0 radical (unpaired) electrons. The summed E-state index contributed by atoms with van der Waals surface area (Å²) in [5.41, 5.74) is 6.25. The van der Waals surface area contributed by atoms with E-state index in [1.165, 1.54) is 23.5 Å². The number of nitrogens with one attached hydrogen (secondary N) is 2. The summed E-state index contributed by atoms with van der Waals surface area (Å²) in [6, 6.07) is 0. The van der Waals surface area contributed by atoms with Crippen molar-refractivity contribution in [3.8, 4) is 0 Å². The van der Waals surface area contributed by atoms with Gasteiger partial charge in [0.25, 0.3) is 0 Å². The largest absolute Gasteiger partial charge is 0.304 e. The molecule has 0 unspecified atom stereocenters. The minimum Gasteiger partial charge on any atom is -0.304 e. The standard InChI is InChI=1S/C13H26N4OS4/c1-6-16(7-2)14-12(19)21-11(10(5)18)22-13(20)15-17(8-3)9-4/h11H,6-9H2,1-5H3,(H,14,19)(H,15,20). The van der Waals surface area contributed by atoms with Crippen LogP contribution in [0.15, 0.2) is 0 Å². The zero-order valence-electron chi connectivity index (χ0n) is 13.8. The Morgan fingerprint density at radius 3 is 1.45 bits per heavy atom. The van der Waals surface area contributed by atoms with Crippen LogP contribution in [0.25, 0.3) is 0 Å². The zero-order chi connectivity index (χ0) is 17.1. The Morgan fingerprint density at radius 1 is 0.909 bits per heavy atom. The predicted molar refractivity (Wildman–Crippen MR) is 107 cm³/mol. The molecular formula is C13H26N4OS4. The first-order valence-corrected chi connectivity index (χ1v) is 9.90. The first-order valence-electron chi connectivity index (χ1n) is 7.32. The Kier molecular flexibility index (Phi) is 12.5. The SMILES string of the molecule is CCN(CC)NC(=S)SC(SC(=S)NN(CC)CC)C(C)=O. The molecule has 128 valence electrons. The lowest BCUT2D eigenvalue weighted by Gasteiger charge is -2.24. The monoisotopic (exact) mass is 382 g/mol. The van der Waals surface area contributed by atoms with Crippen molar-refractivity contribution in [2.24, 2.45) is 0 Å². The second-order valence-electron chi connectivity index (χ2n) is 4.32. The average molecular weight is 383 g/mol. The Hall–Kier alpha value is 0.0700. The van der Waals surface area contributed by atoms with Gasteiger partial charge >= 0.3 is 0 Å². The number of carbonyl (C=O) groups is 1. The van der Waals surface area contributed by atoms with Crippen LogP contribution < -0.4 is 10.9 Å². The van der Waals surface area contributed by atoms with Crippen LogP contribution >= 0.6 is 48.0 Å². The van der Waals surface area contributed by atoms with Gasteiger partial charge in [-0.1, -0.05) is 75.7 Å². The number of hydrogen-bond acceptors (Lipinski definition) is 7. The quantitative estimate of drug-likeness (QED) is 0.356. The number of ketones is 1. The van der Waals surface area contributed by atoms with Gasteiger partial charge in [0.1, 0.15) is 13.2 Å². The highest BCUT2D eigenvalue weighted by atomic mass is 32.2. The van der Waals surface area contributed by atoms with Gasteiger partial charge in [0, 0.05) is 26.2 Å². The molecule has 0 saturated carbocycles. The van der Waals surface area contributed by atoms with E-state index < -0.39 is 0 Å². The molecule has 0 fully saturated rings. The number of thioether (sulfide) groups is 2. The Labute approximate surface area is 153 Å². The number of hydrogen-bond donors (Lipinski definition) is 2. The first kappa shape index (κ1) is 22.1. The van der Waals surface area contributed by atoms with E-state index >= 15 is 0 Å². The van der Waals surface area contributed by atoms with Crippen molar-refractivity contribution in [1.29, 1.82) is 0 Å². The highest BCUT2D eigenvalue weighted by Gasteiger charge is 2.21. The summed E-state index contributed by atoms with van der Waals surface area (Å²) in [7, 11) is 0. The third kappa shape index (κ3) is 9.26. The second kappa shape index (κ2) is 12.5. The second-order valence-corrected chi connectivity index (χ2v) is 8.18. The van der Waals surface area contributed by atoms with Crippen LogP contribution in [0.1, 0.15) is 34.6 Å². The highest BCUT2D eigenvalue weighted by molar-refractivity contribution is 8.37. The zero-order valence-corrected chi connectivity index (χ0v) is 17.1. The normalized spacial score (nSPS) is 11.1. The molecule has 0 saturated heterocycles. The van der Waals surface area contributed by atoms with E-state index in [4.69, 9.17) is 24.4 Å². The molecule has 9 heteroatoms. The Morgan fingerprint density at radius 2 is 1.23 bits per heavy atom. The van der Waals surface area contributed by atoms with Crippen molar-refractivity contribution in [3.63, 3.8) is 0 Å². The Balaban J connectivity index is 4.51. The molecule has 0 aromatic heterocycles. The molecule has 0 spiro atoms. The molecule has 0 amide bonds. The van der Waals surface area contributed by atoms with E-state index in [9.17, 15) is 4.79 Å². The van der Waals surface area contributed by atoms with E-state index in [1.54, 1.807) is 6.92 Å². The molecule has 0 aliphatic carbocycles. The number of Topliss-reactive ketones (excluding diaryl/α,β-unsaturated/α-hetero) is 1. The summed E-state index contributed by atoms with van der Waals surface area (Å²) in [5.74, 6) is 0.0439. The van der Waals surface area contributed by atoms with Crippen LogP contribution in [-0.4, -0.2) is 55.2 Å². The lowest BCUT2D eigenvalue weighted by Crippen LogP contribution is -2.42.